The molecule has 0 radical (unpaired) electrons. The van der Waals surface area contributed by atoms with Gasteiger partial charge < -0.3 is 5.32 Å². The van der Waals surface area contributed by atoms with Crippen molar-refractivity contribution in [3.8, 4) is 0 Å². The summed E-state index contributed by atoms with van der Waals surface area (Å²) in [5, 5.41) is 4.00. The van der Waals surface area contributed by atoms with Gasteiger partial charge in [-0.05, 0) is 44.9 Å². The normalized spacial score (nSPS) is 23.9. The smallest absolute Gasteiger partial charge is 0.279 e. The molecule has 0 atom stereocenters. The van der Waals surface area contributed by atoms with Crippen molar-refractivity contribution in [1.29, 1.82) is 0 Å². The summed E-state index contributed by atoms with van der Waals surface area (Å²) in [7, 11) is -1.68. The maximum atomic E-state index is 12.3. The molecular weight excluding hydrogens is 306 g/mol. The van der Waals surface area contributed by atoms with E-state index in [0.29, 0.717) is 17.8 Å². The highest BCUT2D eigenvalue weighted by Gasteiger charge is 2.26. The molecule has 0 unspecified atom stereocenters. The molecule has 1 saturated carbocycles. The second kappa shape index (κ2) is 9.35. The molecule has 0 heterocycles. The molecule has 0 bridgehead atoms. The van der Waals surface area contributed by atoms with Crippen LogP contribution in [0.25, 0.3) is 0 Å². The Morgan fingerprint density at radius 3 is 2.38 bits per heavy atom. The maximum absolute atomic E-state index is 12.3. The SMILES string of the molecule is CSC1CCC(NS(=O)(=O)N(C)CCCNC(C)C)CC1. The largest absolute Gasteiger partial charge is 0.314 e. The van der Waals surface area contributed by atoms with Crippen molar-refractivity contribution in [2.45, 2.75) is 63.3 Å². The van der Waals surface area contributed by atoms with Crippen molar-refractivity contribution in [2.24, 2.45) is 0 Å². The standard InChI is InChI=1S/C14H31N3O2S2/c1-12(2)15-10-5-11-17(3)21(18,19)16-13-6-8-14(20-4)9-7-13/h12-16H,5-11H2,1-4H3. The second-order valence-corrected chi connectivity index (χ2v) is 9.06. The molecular formula is C14H31N3O2S2. The minimum absolute atomic E-state index is 0.106. The number of hydrogen-bond acceptors (Lipinski definition) is 4. The van der Waals surface area contributed by atoms with Gasteiger partial charge in [0.2, 0.25) is 0 Å². The van der Waals surface area contributed by atoms with Crippen LogP contribution in [-0.4, -0.2) is 56.4 Å². The van der Waals surface area contributed by atoms with Gasteiger partial charge in [0.05, 0.1) is 0 Å². The summed E-state index contributed by atoms with van der Waals surface area (Å²) in [4.78, 5) is 0. The molecule has 0 aromatic heterocycles. The Morgan fingerprint density at radius 2 is 1.86 bits per heavy atom. The molecule has 0 saturated heterocycles. The number of hydrogen-bond donors (Lipinski definition) is 2. The van der Waals surface area contributed by atoms with Gasteiger partial charge in [-0.1, -0.05) is 13.8 Å². The fourth-order valence-electron chi connectivity index (χ4n) is 2.53. The van der Waals surface area contributed by atoms with Gasteiger partial charge in [-0.2, -0.15) is 29.2 Å². The van der Waals surface area contributed by atoms with Gasteiger partial charge >= 0.3 is 0 Å². The second-order valence-electron chi connectivity index (χ2n) is 6.12. The first kappa shape index (κ1) is 19.2. The van der Waals surface area contributed by atoms with Crippen LogP contribution in [0.5, 0.6) is 0 Å². The zero-order valence-electron chi connectivity index (χ0n) is 13.8. The summed E-state index contributed by atoms with van der Waals surface area (Å²) in [6.07, 6.45) is 7.08. The van der Waals surface area contributed by atoms with Crippen LogP contribution >= 0.6 is 11.8 Å². The molecule has 1 aliphatic carbocycles. The summed E-state index contributed by atoms with van der Waals surface area (Å²) in [6.45, 7) is 5.57. The minimum Gasteiger partial charge on any atom is -0.314 e. The van der Waals surface area contributed by atoms with E-state index in [2.05, 4.69) is 30.1 Å². The monoisotopic (exact) mass is 337 g/mol. The Balaban J connectivity index is 2.31. The highest BCUT2D eigenvalue weighted by Crippen LogP contribution is 2.27. The average Bonchev–Trinajstić information content (AvgIpc) is 2.43. The molecule has 0 aromatic rings. The lowest BCUT2D eigenvalue weighted by Gasteiger charge is -2.29. The van der Waals surface area contributed by atoms with E-state index in [1.165, 1.54) is 4.31 Å². The van der Waals surface area contributed by atoms with Crippen LogP contribution in [0.15, 0.2) is 0 Å². The third-order valence-electron chi connectivity index (χ3n) is 3.94. The van der Waals surface area contributed by atoms with E-state index >= 15 is 0 Å². The molecule has 0 aliphatic heterocycles. The van der Waals surface area contributed by atoms with E-state index in [9.17, 15) is 8.42 Å². The van der Waals surface area contributed by atoms with Gasteiger partial charge in [0, 0.05) is 30.9 Å². The van der Waals surface area contributed by atoms with E-state index in [1.54, 1.807) is 7.05 Å². The number of nitrogens with one attached hydrogen (secondary N) is 2. The Kier molecular flexibility index (Phi) is 8.56. The average molecular weight is 338 g/mol. The van der Waals surface area contributed by atoms with Crippen molar-refractivity contribution in [3.63, 3.8) is 0 Å². The Bertz CT molecular complexity index is 380. The molecule has 0 aromatic carbocycles. The lowest BCUT2D eigenvalue weighted by Crippen LogP contribution is -2.45. The molecule has 126 valence electrons. The Labute approximate surface area is 134 Å². The number of thioether (sulfide) groups is 1. The first-order valence-corrected chi connectivity index (χ1v) is 10.6. The molecule has 7 heteroatoms. The van der Waals surface area contributed by atoms with Gasteiger partial charge in [0.25, 0.3) is 10.2 Å². The van der Waals surface area contributed by atoms with Crippen LogP contribution in [0.4, 0.5) is 0 Å². The molecule has 21 heavy (non-hydrogen) atoms. The van der Waals surface area contributed by atoms with E-state index in [0.717, 1.165) is 38.6 Å². The van der Waals surface area contributed by atoms with Gasteiger partial charge in [0.1, 0.15) is 0 Å². The van der Waals surface area contributed by atoms with E-state index in [4.69, 9.17) is 0 Å². The van der Waals surface area contributed by atoms with Gasteiger partial charge in [0.15, 0.2) is 0 Å². The molecule has 1 aliphatic rings. The van der Waals surface area contributed by atoms with Gasteiger partial charge in [-0.25, -0.2) is 0 Å². The van der Waals surface area contributed by atoms with Gasteiger partial charge in [-0.15, -0.1) is 0 Å². The molecule has 1 fully saturated rings. The van der Waals surface area contributed by atoms with Crippen LogP contribution in [0, 0.1) is 0 Å². The lowest BCUT2D eigenvalue weighted by atomic mass is 9.96. The van der Waals surface area contributed by atoms with Gasteiger partial charge in [-0.3, -0.25) is 0 Å². The Morgan fingerprint density at radius 1 is 1.24 bits per heavy atom. The molecule has 1 rings (SSSR count). The number of nitrogens with zero attached hydrogens (tertiary/aromatic N) is 1. The van der Waals surface area contributed by atoms with Crippen LogP contribution in [0.1, 0.15) is 46.0 Å². The minimum atomic E-state index is -3.34. The molecule has 5 nitrogen and oxygen atoms in total. The highest BCUT2D eigenvalue weighted by atomic mass is 32.2. The quantitative estimate of drug-likeness (QED) is 0.630. The highest BCUT2D eigenvalue weighted by molar-refractivity contribution is 7.99. The van der Waals surface area contributed by atoms with Crippen molar-refractivity contribution < 1.29 is 8.42 Å². The van der Waals surface area contributed by atoms with Crippen LogP contribution < -0.4 is 10.0 Å². The van der Waals surface area contributed by atoms with Crippen molar-refractivity contribution in [1.82, 2.24) is 14.3 Å². The van der Waals surface area contributed by atoms with Crippen molar-refractivity contribution in [2.75, 3.05) is 26.4 Å². The third-order valence-corrected chi connectivity index (χ3v) is 6.71. The lowest BCUT2D eigenvalue weighted by molar-refractivity contribution is 0.392. The van der Waals surface area contributed by atoms with Crippen LogP contribution in [-0.2, 0) is 10.2 Å². The summed E-state index contributed by atoms with van der Waals surface area (Å²) in [5.41, 5.74) is 0. The zero-order chi connectivity index (χ0) is 15.9. The van der Waals surface area contributed by atoms with Crippen molar-refractivity contribution >= 4 is 22.0 Å². The molecule has 0 spiro atoms. The fourth-order valence-corrected chi connectivity index (χ4v) is 4.48. The predicted molar refractivity (Wildman–Crippen MR) is 92.0 cm³/mol. The summed E-state index contributed by atoms with van der Waals surface area (Å²) >= 11 is 1.89. The van der Waals surface area contributed by atoms with Crippen LogP contribution in [0.3, 0.4) is 0 Å². The first-order valence-electron chi connectivity index (χ1n) is 7.85. The zero-order valence-corrected chi connectivity index (χ0v) is 15.4. The molecule has 2 N–H and O–H groups in total. The predicted octanol–water partition coefficient (Wildman–Crippen LogP) is 1.81. The summed E-state index contributed by atoms with van der Waals surface area (Å²) < 4.78 is 28.8. The first-order chi connectivity index (χ1) is 9.85. The number of rotatable bonds is 9. The third kappa shape index (κ3) is 7.32. The Hall–Kier alpha value is 0.180. The van der Waals surface area contributed by atoms with E-state index < -0.39 is 10.2 Å². The summed E-state index contributed by atoms with van der Waals surface area (Å²) in [5.74, 6) is 0. The summed E-state index contributed by atoms with van der Waals surface area (Å²) in [6, 6.07) is 0.547. The fraction of sp³-hybridized carbons (Fsp3) is 1.00. The van der Waals surface area contributed by atoms with E-state index in [-0.39, 0.29) is 6.04 Å². The topological polar surface area (TPSA) is 61.4 Å². The van der Waals surface area contributed by atoms with Crippen molar-refractivity contribution in [3.05, 3.63) is 0 Å². The molecule has 0 amide bonds. The maximum Gasteiger partial charge on any atom is 0.279 e. The van der Waals surface area contributed by atoms with E-state index in [1.807, 2.05) is 11.8 Å². The van der Waals surface area contributed by atoms with Crippen LogP contribution in [0.2, 0.25) is 0 Å².